The first-order chi connectivity index (χ1) is 8.50. The van der Waals surface area contributed by atoms with Crippen molar-refractivity contribution in [1.29, 1.82) is 0 Å². The molecule has 1 aliphatic rings. The van der Waals surface area contributed by atoms with Gasteiger partial charge in [0.15, 0.2) is 5.69 Å². The minimum absolute atomic E-state index is 0.0425. The molecule has 1 aliphatic heterocycles. The van der Waals surface area contributed by atoms with Crippen LogP contribution in [0, 0.1) is 18.8 Å². The summed E-state index contributed by atoms with van der Waals surface area (Å²) in [5, 5.41) is 6.76. The molecule has 0 atom stereocenters. The van der Waals surface area contributed by atoms with Gasteiger partial charge in [0.2, 0.25) is 0 Å². The highest BCUT2D eigenvalue weighted by atomic mass is 16.2. The number of nitrogen functional groups attached to an aromatic ring is 1. The highest BCUT2D eigenvalue weighted by Crippen LogP contribution is 2.26. The van der Waals surface area contributed by atoms with Gasteiger partial charge in [-0.2, -0.15) is 5.10 Å². The topological polar surface area (TPSA) is 75.0 Å². The smallest absolute Gasteiger partial charge is 0.276 e. The Morgan fingerprint density at radius 1 is 1.44 bits per heavy atom. The second-order valence-corrected chi connectivity index (χ2v) is 5.48. The number of carbonyl (C=O) groups is 1. The maximum absolute atomic E-state index is 12.3. The molecule has 0 aliphatic carbocycles. The van der Waals surface area contributed by atoms with E-state index in [0.29, 0.717) is 17.3 Å². The molecule has 2 heterocycles. The van der Waals surface area contributed by atoms with Crippen LogP contribution in [0.25, 0.3) is 0 Å². The summed E-state index contributed by atoms with van der Waals surface area (Å²) in [6.45, 7) is 7.94. The molecule has 5 heteroatoms. The number of anilines is 1. The lowest BCUT2D eigenvalue weighted by Crippen LogP contribution is -2.39. The third-order valence-corrected chi connectivity index (χ3v) is 3.97. The molecule has 0 unspecified atom stereocenters. The molecule has 0 spiro atoms. The number of nitrogens with one attached hydrogen (secondary N) is 1. The summed E-state index contributed by atoms with van der Waals surface area (Å²) in [6, 6.07) is 0. The van der Waals surface area contributed by atoms with Crippen molar-refractivity contribution >= 4 is 11.6 Å². The van der Waals surface area contributed by atoms with E-state index < -0.39 is 0 Å². The van der Waals surface area contributed by atoms with Gasteiger partial charge in [-0.15, -0.1) is 0 Å². The van der Waals surface area contributed by atoms with Gasteiger partial charge in [-0.3, -0.25) is 9.89 Å². The Labute approximate surface area is 108 Å². The molecule has 100 valence electrons. The van der Waals surface area contributed by atoms with Gasteiger partial charge in [0.05, 0.1) is 11.4 Å². The molecule has 0 aromatic carbocycles. The van der Waals surface area contributed by atoms with Crippen LogP contribution >= 0.6 is 0 Å². The summed E-state index contributed by atoms with van der Waals surface area (Å²) in [4.78, 5) is 14.1. The van der Waals surface area contributed by atoms with Crippen molar-refractivity contribution in [3.63, 3.8) is 0 Å². The zero-order chi connectivity index (χ0) is 13.3. The third-order valence-electron chi connectivity index (χ3n) is 3.97. The number of hydrogen-bond donors (Lipinski definition) is 2. The number of nitrogens with two attached hydrogens (primary N) is 1. The Morgan fingerprint density at radius 2 is 2.06 bits per heavy atom. The quantitative estimate of drug-likeness (QED) is 0.840. The first kappa shape index (κ1) is 12.9. The summed E-state index contributed by atoms with van der Waals surface area (Å²) in [6.07, 6.45) is 2.15. The van der Waals surface area contributed by atoms with E-state index in [-0.39, 0.29) is 5.91 Å². The predicted molar refractivity (Wildman–Crippen MR) is 71.2 cm³/mol. The number of aryl methyl sites for hydroxylation is 1. The standard InChI is InChI=1S/C13H22N4O/c1-8(2)10-4-6-17(7-5-10)13(18)12-11(14)9(3)15-16-12/h8,10H,4-7,14H2,1-3H3,(H,15,16). The van der Waals surface area contributed by atoms with E-state index >= 15 is 0 Å². The summed E-state index contributed by atoms with van der Waals surface area (Å²) in [5.41, 5.74) is 7.45. The van der Waals surface area contributed by atoms with Crippen molar-refractivity contribution in [2.75, 3.05) is 18.8 Å². The number of amides is 1. The highest BCUT2D eigenvalue weighted by Gasteiger charge is 2.27. The second-order valence-electron chi connectivity index (χ2n) is 5.48. The second kappa shape index (κ2) is 5.00. The van der Waals surface area contributed by atoms with Gasteiger partial charge < -0.3 is 10.6 Å². The van der Waals surface area contributed by atoms with Gasteiger partial charge in [-0.1, -0.05) is 13.8 Å². The molecular formula is C13H22N4O. The number of nitrogens with zero attached hydrogens (tertiary/aromatic N) is 2. The number of likely N-dealkylation sites (tertiary alicyclic amines) is 1. The fourth-order valence-corrected chi connectivity index (χ4v) is 2.52. The van der Waals surface area contributed by atoms with Crippen LogP contribution in [-0.4, -0.2) is 34.1 Å². The molecule has 1 fully saturated rings. The van der Waals surface area contributed by atoms with Crippen LogP contribution in [-0.2, 0) is 0 Å². The molecule has 3 N–H and O–H groups in total. The van der Waals surface area contributed by atoms with Crippen LogP contribution in [0.5, 0.6) is 0 Å². The van der Waals surface area contributed by atoms with Gasteiger partial charge in [0, 0.05) is 13.1 Å². The highest BCUT2D eigenvalue weighted by molar-refractivity contribution is 5.97. The summed E-state index contributed by atoms with van der Waals surface area (Å²) in [5.74, 6) is 1.38. The molecule has 0 bridgehead atoms. The lowest BCUT2D eigenvalue weighted by atomic mass is 9.86. The van der Waals surface area contributed by atoms with E-state index in [1.54, 1.807) is 0 Å². The van der Waals surface area contributed by atoms with Crippen molar-refractivity contribution in [3.05, 3.63) is 11.4 Å². The fourth-order valence-electron chi connectivity index (χ4n) is 2.52. The first-order valence-electron chi connectivity index (χ1n) is 6.60. The number of aromatic nitrogens is 2. The Morgan fingerprint density at radius 3 is 2.50 bits per heavy atom. The van der Waals surface area contributed by atoms with Gasteiger partial charge in [-0.05, 0) is 31.6 Å². The van der Waals surface area contributed by atoms with Gasteiger partial charge >= 0.3 is 0 Å². The Kier molecular flexibility index (Phi) is 3.59. The number of aromatic amines is 1. The molecule has 2 rings (SSSR count). The normalized spacial score (nSPS) is 17.4. The van der Waals surface area contributed by atoms with E-state index in [4.69, 9.17) is 5.73 Å². The van der Waals surface area contributed by atoms with Crippen LogP contribution in [0.4, 0.5) is 5.69 Å². The third kappa shape index (κ3) is 2.35. The largest absolute Gasteiger partial charge is 0.395 e. The maximum atomic E-state index is 12.3. The van der Waals surface area contributed by atoms with Crippen molar-refractivity contribution < 1.29 is 4.79 Å². The van der Waals surface area contributed by atoms with Gasteiger partial charge in [0.25, 0.3) is 5.91 Å². The van der Waals surface area contributed by atoms with Crippen molar-refractivity contribution in [2.45, 2.75) is 33.6 Å². The van der Waals surface area contributed by atoms with Gasteiger partial charge in [-0.25, -0.2) is 0 Å². The van der Waals surface area contributed by atoms with E-state index in [2.05, 4.69) is 24.0 Å². The molecular weight excluding hydrogens is 228 g/mol. The average molecular weight is 250 g/mol. The number of hydrogen-bond acceptors (Lipinski definition) is 3. The summed E-state index contributed by atoms with van der Waals surface area (Å²) >= 11 is 0. The zero-order valence-electron chi connectivity index (χ0n) is 11.4. The Bertz CT molecular complexity index is 430. The van der Waals surface area contributed by atoms with Gasteiger partial charge in [0.1, 0.15) is 0 Å². The number of piperidine rings is 1. The van der Waals surface area contributed by atoms with Crippen LogP contribution < -0.4 is 5.73 Å². The van der Waals surface area contributed by atoms with Crippen molar-refractivity contribution in [1.82, 2.24) is 15.1 Å². The lowest BCUT2D eigenvalue weighted by Gasteiger charge is -2.33. The minimum Gasteiger partial charge on any atom is -0.395 e. The Balaban J connectivity index is 2.02. The molecule has 18 heavy (non-hydrogen) atoms. The van der Waals surface area contributed by atoms with Crippen molar-refractivity contribution in [3.8, 4) is 0 Å². The first-order valence-corrected chi connectivity index (χ1v) is 6.60. The molecule has 0 saturated carbocycles. The minimum atomic E-state index is -0.0425. The summed E-state index contributed by atoms with van der Waals surface area (Å²) < 4.78 is 0. The molecule has 5 nitrogen and oxygen atoms in total. The maximum Gasteiger partial charge on any atom is 0.276 e. The number of H-pyrrole nitrogens is 1. The van der Waals surface area contributed by atoms with E-state index in [1.807, 2.05) is 11.8 Å². The van der Waals surface area contributed by atoms with Crippen LogP contribution in [0.1, 0.15) is 42.9 Å². The average Bonchev–Trinajstić information content (AvgIpc) is 2.69. The number of carbonyl (C=O) groups excluding carboxylic acids is 1. The monoisotopic (exact) mass is 250 g/mol. The van der Waals surface area contributed by atoms with Crippen LogP contribution in [0.2, 0.25) is 0 Å². The Hall–Kier alpha value is -1.52. The van der Waals surface area contributed by atoms with E-state index in [9.17, 15) is 4.79 Å². The number of rotatable bonds is 2. The van der Waals surface area contributed by atoms with Crippen LogP contribution in [0.3, 0.4) is 0 Å². The van der Waals surface area contributed by atoms with Crippen LogP contribution in [0.15, 0.2) is 0 Å². The summed E-state index contributed by atoms with van der Waals surface area (Å²) in [7, 11) is 0. The molecule has 1 amide bonds. The molecule has 1 aromatic heterocycles. The predicted octanol–water partition coefficient (Wildman–Crippen LogP) is 1.81. The fraction of sp³-hybridized carbons (Fsp3) is 0.692. The molecule has 1 aromatic rings. The zero-order valence-corrected chi connectivity index (χ0v) is 11.4. The molecule has 0 radical (unpaired) electrons. The molecule has 1 saturated heterocycles. The van der Waals surface area contributed by atoms with E-state index in [0.717, 1.165) is 37.5 Å². The SMILES string of the molecule is Cc1[nH]nc(C(=O)N2CCC(C(C)C)CC2)c1N. The van der Waals surface area contributed by atoms with E-state index in [1.165, 1.54) is 0 Å². The van der Waals surface area contributed by atoms with Crippen molar-refractivity contribution in [2.24, 2.45) is 11.8 Å². The lowest BCUT2D eigenvalue weighted by molar-refractivity contribution is 0.0663.